The molecule has 104 valence electrons. The zero-order chi connectivity index (χ0) is 14.5. The molecular weight excluding hydrogens is 274 g/mol. The van der Waals surface area contributed by atoms with Crippen LogP contribution in [0.1, 0.15) is 11.1 Å². The third kappa shape index (κ3) is 4.28. The zero-order valence-corrected chi connectivity index (χ0v) is 12.2. The minimum atomic E-state index is -0.199. The van der Waals surface area contributed by atoms with Crippen LogP contribution in [0.2, 0.25) is 5.02 Å². The van der Waals surface area contributed by atoms with Gasteiger partial charge < -0.3 is 10.1 Å². The Balaban J connectivity index is 1.92. The predicted octanol–water partition coefficient (Wildman–Crippen LogP) is 3.97. The summed E-state index contributed by atoms with van der Waals surface area (Å²) in [6.45, 7) is 3.93. The van der Waals surface area contributed by atoms with Crippen molar-refractivity contribution < 1.29 is 9.53 Å². The van der Waals surface area contributed by atoms with Crippen LogP contribution in [0.25, 0.3) is 0 Å². The summed E-state index contributed by atoms with van der Waals surface area (Å²) < 4.78 is 5.38. The monoisotopic (exact) mass is 289 g/mol. The van der Waals surface area contributed by atoms with E-state index in [1.54, 1.807) is 24.3 Å². The summed E-state index contributed by atoms with van der Waals surface area (Å²) >= 11 is 5.84. The molecule has 0 saturated carbocycles. The Kier molecular flexibility index (Phi) is 4.64. The van der Waals surface area contributed by atoms with Gasteiger partial charge >= 0.3 is 0 Å². The first-order valence-corrected chi connectivity index (χ1v) is 6.67. The molecule has 0 aromatic heterocycles. The highest BCUT2D eigenvalue weighted by Gasteiger charge is 2.05. The smallest absolute Gasteiger partial charge is 0.262 e. The highest BCUT2D eigenvalue weighted by Crippen LogP contribution is 2.17. The molecule has 0 unspecified atom stereocenters. The van der Waals surface area contributed by atoms with Crippen LogP contribution in [-0.2, 0) is 4.79 Å². The molecule has 4 heteroatoms. The van der Waals surface area contributed by atoms with Gasteiger partial charge in [-0.1, -0.05) is 23.7 Å². The molecule has 0 aliphatic carbocycles. The number of carbonyl (C=O) groups excluding carboxylic acids is 1. The Morgan fingerprint density at radius 3 is 2.50 bits per heavy atom. The second kappa shape index (κ2) is 6.44. The van der Waals surface area contributed by atoms with Crippen LogP contribution in [0.3, 0.4) is 0 Å². The van der Waals surface area contributed by atoms with E-state index >= 15 is 0 Å². The van der Waals surface area contributed by atoms with Gasteiger partial charge in [-0.15, -0.1) is 0 Å². The number of halogens is 1. The number of anilines is 1. The fourth-order valence-corrected chi connectivity index (χ4v) is 2.13. The zero-order valence-electron chi connectivity index (χ0n) is 11.4. The lowest BCUT2D eigenvalue weighted by atomic mass is 10.1. The van der Waals surface area contributed by atoms with E-state index in [9.17, 15) is 4.79 Å². The predicted molar refractivity (Wildman–Crippen MR) is 81.5 cm³/mol. The van der Waals surface area contributed by atoms with Gasteiger partial charge in [0, 0.05) is 10.7 Å². The molecule has 1 N–H and O–H groups in total. The van der Waals surface area contributed by atoms with Crippen molar-refractivity contribution in [2.24, 2.45) is 0 Å². The molecule has 20 heavy (non-hydrogen) atoms. The minimum absolute atomic E-state index is 0.0483. The van der Waals surface area contributed by atoms with Gasteiger partial charge in [-0.25, -0.2) is 0 Å². The highest BCUT2D eigenvalue weighted by molar-refractivity contribution is 6.30. The number of nitrogens with one attached hydrogen (secondary N) is 1. The maximum atomic E-state index is 11.8. The average molecular weight is 290 g/mol. The molecule has 0 aliphatic heterocycles. The van der Waals surface area contributed by atoms with Crippen molar-refractivity contribution in [1.82, 2.24) is 0 Å². The Hall–Kier alpha value is -2.00. The molecule has 0 saturated heterocycles. The molecule has 0 aliphatic rings. The van der Waals surface area contributed by atoms with Crippen LogP contribution in [0.15, 0.2) is 42.5 Å². The van der Waals surface area contributed by atoms with Crippen molar-refractivity contribution in [3.8, 4) is 5.75 Å². The van der Waals surface area contributed by atoms with Crippen LogP contribution in [-0.4, -0.2) is 12.5 Å². The number of ether oxygens (including phenoxy) is 1. The summed E-state index contributed by atoms with van der Waals surface area (Å²) in [5.41, 5.74) is 2.99. The highest BCUT2D eigenvalue weighted by atomic mass is 35.5. The fourth-order valence-electron chi connectivity index (χ4n) is 1.95. The van der Waals surface area contributed by atoms with Crippen LogP contribution >= 0.6 is 11.6 Å². The van der Waals surface area contributed by atoms with Crippen LogP contribution < -0.4 is 10.1 Å². The lowest BCUT2D eigenvalue weighted by molar-refractivity contribution is -0.118. The molecule has 2 aromatic carbocycles. The molecule has 1 amide bonds. The van der Waals surface area contributed by atoms with Gasteiger partial charge in [-0.2, -0.15) is 0 Å². The Morgan fingerprint density at radius 1 is 1.15 bits per heavy atom. The molecule has 0 heterocycles. The van der Waals surface area contributed by atoms with Crippen molar-refractivity contribution in [3.63, 3.8) is 0 Å². The standard InChI is InChI=1S/C16H16ClNO2/c1-11-6-12(2)8-14(7-11)18-16(19)10-20-15-5-3-4-13(17)9-15/h3-9H,10H2,1-2H3,(H,18,19). The molecule has 0 spiro atoms. The lowest BCUT2D eigenvalue weighted by Crippen LogP contribution is -2.20. The van der Waals surface area contributed by atoms with Gasteiger partial charge in [-0.05, 0) is 55.3 Å². The molecule has 2 aromatic rings. The van der Waals surface area contributed by atoms with Gasteiger partial charge in [0.2, 0.25) is 0 Å². The number of hydrogen-bond donors (Lipinski definition) is 1. The second-order valence-corrected chi connectivity index (χ2v) is 5.11. The summed E-state index contributed by atoms with van der Waals surface area (Å²) in [6, 6.07) is 12.9. The molecule has 2 rings (SSSR count). The number of amides is 1. The van der Waals surface area contributed by atoms with Gasteiger partial charge in [0.1, 0.15) is 5.75 Å². The molecule has 3 nitrogen and oxygen atoms in total. The average Bonchev–Trinajstić information content (AvgIpc) is 2.35. The summed E-state index contributed by atoms with van der Waals surface area (Å²) in [4.78, 5) is 11.8. The Bertz CT molecular complexity index is 605. The van der Waals surface area contributed by atoms with E-state index in [1.165, 1.54) is 0 Å². The third-order valence-corrected chi connectivity index (χ3v) is 2.91. The van der Waals surface area contributed by atoms with Crippen LogP contribution in [0.5, 0.6) is 5.75 Å². The molecule has 0 fully saturated rings. The van der Waals surface area contributed by atoms with Gasteiger partial charge in [0.15, 0.2) is 6.61 Å². The Labute approximate surface area is 123 Å². The number of rotatable bonds is 4. The number of aryl methyl sites for hydroxylation is 2. The first kappa shape index (κ1) is 14.4. The molecule has 0 atom stereocenters. The normalized spacial score (nSPS) is 10.2. The maximum Gasteiger partial charge on any atom is 0.262 e. The van der Waals surface area contributed by atoms with E-state index in [2.05, 4.69) is 11.4 Å². The van der Waals surface area contributed by atoms with Gasteiger partial charge in [0.25, 0.3) is 5.91 Å². The number of hydrogen-bond acceptors (Lipinski definition) is 2. The maximum absolute atomic E-state index is 11.8. The van der Waals surface area contributed by atoms with Crippen molar-refractivity contribution in [2.45, 2.75) is 13.8 Å². The first-order chi connectivity index (χ1) is 9.52. The van der Waals surface area contributed by atoms with Gasteiger partial charge in [-0.3, -0.25) is 4.79 Å². The van der Waals surface area contributed by atoms with Crippen molar-refractivity contribution in [1.29, 1.82) is 0 Å². The first-order valence-electron chi connectivity index (χ1n) is 6.29. The minimum Gasteiger partial charge on any atom is -0.484 e. The Morgan fingerprint density at radius 2 is 1.85 bits per heavy atom. The SMILES string of the molecule is Cc1cc(C)cc(NC(=O)COc2cccc(Cl)c2)c1. The fraction of sp³-hybridized carbons (Fsp3) is 0.188. The largest absolute Gasteiger partial charge is 0.484 e. The molecular formula is C16H16ClNO2. The topological polar surface area (TPSA) is 38.3 Å². The summed E-state index contributed by atoms with van der Waals surface area (Å²) in [6.07, 6.45) is 0. The summed E-state index contributed by atoms with van der Waals surface area (Å²) in [5, 5.41) is 3.39. The lowest BCUT2D eigenvalue weighted by Gasteiger charge is -2.09. The van der Waals surface area contributed by atoms with E-state index in [1.807, 2.05) is 26.0 Å². The van der Waals surface area contributed by atoms with Crippen molar-refractivity contribution in [2.75, 3.05) is 11.9 Å². The van der Waals surface area contributed by atoms with E-state index < -0.39 is 0 Å². The number of benzene rings is 2. The van der Waals surface area contributed by atoms with E-state index in [0.29, 0.717) is 10.8 Å². The van der Waals surface area contributed by atoms with E-state index in [0.717, 1.165) is 16.8 Å². The van der Waals surface area contributed by atoms with Crippen LogP contribution in [0.4, 0.5) is 5.69 Å². The van der Waals surface area contributed by atoms with E-state index in [4.69, 9.17) is 16.3 Å². The quantitative estimate of drug-likeness (QED) is 0.925. The van der Waals surface area contributed by atoms with Gasteiger partial charge in [0.05, 0.1) is 0 Å². The van der Waals surface area contributed by atoms with Crippen LogP contribution in [0, 0.1) is 13.8 Å². The van der Waals surface area contributed by atoms with E-state index in [-0.39, 0.29) is 12.5 Å². The molecule has 0 bridgehead atoms. The second-order valence-electron chi connectivity index (χ2n) is 4.67. The molecule has 0 radical (unpaired) electrons. The number of carbonyl (C=O) groups is 1. The van der Waals surface area contributed by atoms with Crippen molar-refractivity contribution >= 4 is 23.2 Å². The van der Waals surface area contributed by atoms with Crippen molar-refractivity contribution in [3.05, 3.63) is 58.6 Å². The summed E-state index contributed by atoms with van der Waals surface area (Å²) in [7, 11) is 0. The summed E-state index contributed by atoms with van der Waals surface area (Å²) in [5.74, 6) is 0.378. The third-order valence-electron chi connectivity index (χ3n) is 2.67.